The van der Waals surface area contributed by atoms with E-state index < -0.39 is 0 Å². The normalized spacial score (nSPS) is 16.3. The van der Waals surface area contributed by atoms with Crippen molar-refractivity contribution in [3.05, 3.63) is 65.9 Å². The molecule has 0 bridgehead atoms. The fourth-order valence-electron chi connectivity index (χ4n) is 3.43. The largest absolute Gasteiger partial charge is 0.467 e. The van der Waals surface area contributed by atoms with Gasteiger partial charge in [-0.05, 0) is 30.5 Å². The van der Waals surface area contributed by atoms with Gasteiger partial charge in [0.15, 0.2) is 5.16 Å². The first-order valence-corrected chi connectivity index (χ1v) is 10.8. The first-order valence-electron chi connectivity index (χ1n) is 9.79. The number of hydrazone groups is 1. The molecule has 1 aliphatic carbocycles. The van der Waals surface area contributed by atoms with E-state index in [2.05, 4.69) is 19.9 Å². The average Bonchev–Trinajstić information content (AvgIpc) is 3.15. The SMILES string of the molecule is O=C(CSc1nnc(C2CC2)n1Cc1ccco1)N1CCC(c2ccccc2)=N1. The van der Waals surface area contributed by atoms with E-state index in [1.807, 2.05) is 42.5 Å². The summed E-state index contributed by atoms with van der Waals surface area (Å²) in [5, 5.41) is 15.6. The standard InChI is InChI=1S/C21H21N5O2S/c27-19(26-11-10-18(24-26)15-5-2-1-3-6-15)14-29-21-23-22-20(16-8-9-16)25(21)13-17-7-4-12-28-17/h1-7,12,16H,8-11,13-14H2. The van der Waals surface area contributed by atoms with E-state index in [1.165, 1.54) is 11.8 Å². The molecule has 1 aliphatic heterocycles. The van der Waals surface area contributed by atoms with Gasteiger partial charge in [-0.1, -0.05) is 42.1 Å². The Morgan fingerprint density at radius 2 is 2.00 bits per heavy atom. The molecule has 2 aromatic heterocycles. The van der Waals surface area contributed by atoms with Gasteiger partial charge in [-0.15, -0.1) is 10.2 Å². The Hall–Kier alpha value is -2.87. The van der Waals surface area contributed by atoms with Gasteiger partial charge < -0.3 is 4.42 Å². The zero-order chi connectivity index (χ0) is 19.6. The van der Waals surface area contributed by atoms with Crippen molar-refractivity contribution in [2.45, 2.75) is 36.9 Å². The molecule has 3 aromatic rings. The van der Waals surface area contributed by atoms with Crippen molar-refractivity contribution < 1.29 is 9.21 Å². The van der Waals surface area contributed by atoms with E-state index in [9.17, 15) is 4.79 Å². The maximum Gasteiger partial charge on any atom is 0.253 e. The predicted octanol–water partition coefficient (Wildman–Crippen LogP) is 3.53. The van der Waals surface area contributed by atoms with Crippen LogP contribution in [0.1, 0.15) is 42.3 Å². The van der Waals surface area contributed by atoms with Crippen LogP contribution in [0.3, 0.4) is 0 Å². The number of carbonyl (C=O) groups excluding carboxylic acids is 1. The number of furan rings is 1. The van der Waals surface area contributed by atoms with Crippen LogP contribution in [0.4, 0.5) is 0 Å². The lowest BCUT2D eigenvalue weighted by atomic mass is 10.1. The number of thioether (sulfide) groups is 1. The maximum atomic E-state index is 12.7. The van der Waals surface area contributed by atoms with Crippen molar-refractivity contribution in [1.82, 2.24) is 19.8 Å². The van der Waals surface area contributed by atoms with Gasteiger partial charge in [0.2, 0.25) is 0 Å². The van der Waals surface area contributed by atoms with Crippen molar-refractivity contribution in [2.75, 3.05) is 12.3 Å². The fourth-order valence-corrected chi connectivity index (χ4v) is 4.24. The van der Waals surface area contributed by atoms with Crippen molar-refractivity contribution in [3.63, 3.8) is 0 Å². The number of rotatable bonds is 7. The summed E-state index contributed by atoms with van der Waals surface area (Å²) in [6.07, 6.45) is 4.73. The smallest absolute Gasteiger partial charge is 0.253 e. The van der Waals surface area contributed by atoms with Crippen LogP contribution in [0.15, 0.2) is 63.4 Å². The third-order valence-corrected chi connectivity index (χ3v) is 6.06. The number of amides is 1. The highest BCUT2D eigenvalue weighted by Crippen LogP contribution is 2.40. The molecule has 2 aliphatic rings. The predicted molar refractivity (Wildman–Crippen MR) is 110 cm³/mol. The molecule has 0 atom stereocenters. The van der Waals surface area contributed by atoms with Crippen LogP contribution in [0.25, 0.3) is 0 Å². The van der Waals surface area contributed by atoms with Crippen LogP contribution in [-0.2, 0) is 11.3 Å². The second kappa shape index (κ2) is 7.87. The summed E-state index contributed by atoms with van der Waals surface area (Å²) in [5.41, 5.74) is 2.03. The van der Waals surface area contributed by atoms with Crippen LogP contribution in [0, 0.1) is 0 Å². The molecule has 3 heterocycles. The molecule has 0 N–H and O–H groups in total. The van der Waals surface area contributed by atoms with Crippen LogP contribution in [0.5, 0.6) is 0 Å². The number of aromatic nitrogens is 3. The Kier molecular flexibility index (Phi) is 4.93. The number of benzene rings is 1. The summed E-state index contributed by atoms with van der Waals surface area (Å²) in [5.74, 6) is 2.59. The number of hydrogen-bond donors (Lipinski definition) is 0. The van der Waals surface area contributed by atoms with Gasteiger partial charge >= 0.3 is 0 Å². The van der Waals surface area contributed by atoms with Gasteiger partial charge in [0.1, 0.15) is 11.6 Å². The second-order valence-electron chi connectivity index (χ2n) is 7.25. The Morgan fingerprint density at radius 1 is 1.14 bits per heavy atom. The van der Waals surface area contributed by atoms with Crippen molar-refractivity contribution in [3.8, 4) is 0 Å². The summed E-state index contributed by atoms with van der Waals surface area (Å²) < 4.78 is 7.58. The monoisotopic (exact) mass is 407 g/mol. The number of hydrogen-bond acceptors (Lipinski definition) is 6. The molecular formula is C21H21N5O2S. The molecule has 7 nitrogen and oxygen atoms in total. The van der Waals surface area contributed by atoms with Gasteiger partial charge in [-0.25, -0.2) is 5.01 Å². The second-order valence-corrected chi connectivity index (χ2v) is 8.19. The minimum atomic E-state index is -0.0125. The highest BCUT2D eigenvalue weighted by Gasteiger charge is 2.31. The number of carbonyl (C=O) groups is 1. The zero-order valence-electron chi connectivity index (χ0n) is 15.9. The first kappa shape index (κ1) is 18.2. The third kappa shape index (κ3) is 3.98. The molecule has 5 rings (SSSR count). The molecule has 0 spiro atoms. The van der Waals surface area contributed by atoms with Crippen LogP contribution in [0.2, 0.25) is 0 Å². The molecule has 8 heteroatoms. The summed E-state index contributed by atoms with van der Waals surface area (Å²) in [7, 11) is 0. The van der Waals surface area contributed by atoms with E-state index in [-0.39, 0.29) is 11.7 Å². The maximum absolute atomic E-state index is 12.7. The molecule has 1 amide bonds. The van der Waals surface area contributed by atoms with Gasteiger partial charge in [0.25, 0.3) is 5.91 Å². The molecule has 29 heavy (non-hydrogen) atoms. The molecule has 1 fully saturated rings. The van der Waals surface area contributed by atoms with Crippen molar-refractivity contribution in [1.29, 1.82) is 0 Å². The highest BCUT2D eigenvalue weighted by molar-refractivity contribution is 7.99. The summed E-state index contributed by atoms with van der Waals surface area (Å²) in [6.45, 7) is 1.21. The van der Waals surface area contributed by atoms with E-state index in [0.29, 0.717) is 19.0 Å². The molecule has 0 saturated heterocycles. The first-order chi connectivity index (χ1) is 14.3. The zero-order valence-corrected chi connectivity index (χ0v) is 16.7. The summed E-state index contributed by atoms with van der Waals surface area (Å²) in [4.78, 5) is 12.7. The molecule has 148 valence electrons. The van der Waals surface area contributed by atoms with Gasteiger partial charge in [0, 0.05) is 12.3 Å². The molecule has 0 unspecified atom stereocenters. The summed E-state index contributed by atoms with van der Waals surface area (Å²) >= 11 is 1.41. The van der Waals surface area contributed by atoms with Gasteiger partial charge in [-0.2, -0.15) is 5.10 Å². The molecule has 0 radical (unpaired) electrons. The van der Waals surface area contributed by atoms with Crippen LogP contribution < -0.4 is 0 Å². The Labute approximate surface area is 172 Å². The lowest BCUT2D eigenvalue weighted by molar-refractivity contribution is -0.127. The quantitative estimate of drug-likeness (QED) is 0.560. The highest BCUT2D eigenvalue weighted by atomic mass is 32.2. The Bertz CT molecular complexity index is 1020. The topological polar surface area (TPSA) is 76.5 Å². The molecule has 1 aromatic carbocycles. The Balaban J connectivity index is 1.27. The van der Waals surface area contributed by atoms with Gasteiger partial charge in [0.05, 0.1) is 30.8 Å². The van der Waals surface area contributed by atoms with Gasteiger partial charge in [-0.3, -0.25) is 9.36 Å². The van der Waals surface area contributed by atoms with Crippen LogP contribution in [-0.4, -0.2) is 43.7 Å². The Morgan fingerprint density at radius 3 is 2.76 bits per heavy atom. The molecular weight excluding hydrogens is 386 g/mol. The molecule has 1 saturated carbocycles. The summed E-state index contributed by atoms with van der Waals surface area (Å²) in [6, 6.07) is 13.8. The minimum absolute atomic E-state index is 0.0125. The minimum Gasteiger partial charge on any atom is -0.467 e. The van der Waals surface area contributed by atoms with Crippen LogP contribution >= 0.6 is 11.8 Å². The van der Waals surface area contributed by atoms with Crippen molar-refractivity contribution >= 4 is 23.4 Å². The third-order valence-electron chi connectivity index (χ3n) is 5.10. The average molecular weight is 407 g/mol. The van der Waals surface area contributed by atoms with E-state index in [1.54, 1.807) is 11.3 Å². The van der Waals surface area contributed by atoms with E-state index >= 15 is 0 Å². The lowest BCUT2D eigenvalue weighted by Crippen LogP contribution is -2.25. The fraction of sp³-hybridized carbons (Fsp3) is 0.333. The number of nitrogens with zero attached hydrogens (tertiary/aromatic N) is 5. The van der Waals surface area contributed by atoms with E-state index in [0.717, 1.165) is 47.3 Å². The lowest BCUT2D eigenvalue weighted by Gasteiger charge is -2.11. The van der Waals surface area contributed by atoms with E-state index in [4.69, 9.17) is 4.42 Å². The van der Waals surface area contributed by atoms with Crippen molar-refractivity contribution in [2.24, 2.45) is 5.10 Å².